The number of para-hydroxylation sites is 1. The third-order valence-corrected chi connectivity index (χ3v) is 2.56. The third kappa shape index (κ3) is 2.73. The summed E-state index contributed by atoms with van der Waals surface area (Å²) in [5.74, 6) is 0.715. The summed E-state index contributed by atoms with van der Waals surface area (Å²) in [6, 6.07) is 7.78. The van der Waals surface area contributed by atoms with E-state index in [4.69, 9.17) is 10.00 Å². The van der Waals surface area contributed by atoms with Gasteiger partial charge in [0.05, 0.1) is 5.56 Å². The lowest BCUT2D eigenvalue weighted by atomic mass is 10.1. The summed E-state index contributed by atoms with van der Waals surface area (Å²) < 4.78 is 5.88. The predicted octanol–water partition coefficient (Wildman–Crippen LogP) is 3.43. The molecule has 0 aliphatic carbocycles. The highest BCUT2D eigenvalue weighted by Crippen LogP contribution is 2.27. The van der Waals surface area contributed by atoms with E-state index in [1.165, 1.54) is 0 Å². The number of hydrogen-bond acceptors (Lipinski definition) is 2. The van der Waals surface area contributed by atoms with Crippen LogP contribution in [0.4, 0.5) is 0 Å². The van der Waals surface area contributed by atoms with Gasteiger partial charge in [-0.2, -0.15) is 5.26 Å². The maximum Gasteiger partial charge on any atom is 0.140 e. The highest BCUT2D eigenvalue weighted by atomic mass is 16.5. The van der Waals surface area contributed by atoms with Gasteiger partial charge in [0, 0.05) is 0 Å². The molecule has 0 fully saturated rings. The van der Waals surface area contributed by atoms with Crippen LogP contribution in [-0.2, 0) is 0 Å². The molecule has 15 heavy (non-hydrogen) atoms. The molecular formula is C13H17NO. The average molecular weight is 203 g/mol. The van der Waals surface area contributed by atoms with Crippen LogP contribution in [0.2, 0.25) is 0 Å². The Morgan fingerprint density at radius 3 is 2.60 bits per heavy atom. The van der Waals surface area contributed by atoms with Crippen LogP contribution in [0.1, 0.15) is 38.3 Å². The van der Waals surface area contributed by atoms with Crippen LogP contribution in [0.15, 0.2) is 18.2 Å². The Morgan fingerprint density at radius 2 is 2.07 bits per heavy atom. The molecule has 2 heteroatoms. The second kappa shape index (κ2) is 4.35. The lowest BCUT2D eigenvalue weighted by Gasteiger charge is -2.26. The van der Waals surface area contributed by atoms with Gasteiger partial charge >= 0.3 is 0 Å². The largest absolute Gasteiger partial charge is 0.486 e. The van der Waals surface area contributed by atoms with Crippen molar-refractivity contribution in [3.63, 3.8) is 0 Å². The first-order chi connectivity index (χ1) is 7.00. The topological polar surface area (TPSA) is 33.0 Å². The molecule has 0 aliphatic heterocycles. The van der Waals surface area contributed by atoms with Crippen molar-refractivity contribution in [1.29, 1.82) is 5.26 Å². The molecule has 1 aromatic rings. The molecule has 2 nitrogen and oxygen atoms in total. The van der Waals surface area contributed by atoms with E-state index in [1.54, 1.807) is 6.07 Å². The summed E-state index contributed by atoms with van der Waals surface area (Å²) in [5.41, 5.74) is 1.39. The minimum absolute atomic E-state index is 0.224. The van der Waals surface area contributed by atoms with Crippen LogP contribution in [0.5, 0.6) is 5.75 Å². The molecule has 0 unspecified atom stereocenters. The van der Waals surface area contributed by atoms with Gasteiger partial charge in [0.15, 0.2) is 0 Å². The van der Waals surface area contributed by atoms with Crippen LogP contribution < -0.4 is 4.74 Å². The predicted molar refractivity (Wildman–Crippen MR) is 60.9 cm³/mol. The van der Waals surface area contributed by atoms with Crippen molar-refractivity contribution in [2.75, 3.05) is 0 Å². The summed E-state index contributed by atoms with van der Waals surface area (Å²) in [6.07, 6.45) is 0.909. The Labute approximate surface area is 91.5 Å². The molecule has 0 atom stereocenters. The van der Waals surface area contributed by atoms with E-state index in [9.17, 15) is 0 Å². The zero-order chi connectivity index (χ0) is 11.5. The number of benzene rings is 1. The van der Waals surface area contributed by atoms with Crippen LogP contribution in [0.25, 0.3) is 0 Å². The molecule has 0 N–H and O–H groups in total. The molecule has 1 rings (SSSR count). The number of nitrogens with zero attached hydrogens (tertiary/aromatic N) is 1. The summed E-state index contributed by atoms with van der Waals surface area (Å²) in [4.78, 5) is 0. The van der Waals surface area contributed by atoms with Gasteiger partial charge in [0.2, 0.25) is 0 Å². The summed E-state index contributed by atoms with van der Waals surface area (Å²) >= 11 is 0. The molecule has 80 valence electrons. The van der Waals surface area contributed by atoms with Crippen LogP contribution >= 0.6 is 0 Å². The fraction of sp³-hybridized carbons (Fsp3) is 0.462. The van der Waals surface area contributed by atoms with Crippen molar-refractivity contribution in [1.82, 2.24) is 0 Å². The maximum absolute atomic E-state index is 8.98. The van der Waals surface area contributed by atoms with E-state index in [0.717, 1.165) is 12.0 Å². The average Bonchev–Trinajstić information content (AvgIpc) is 2.21. The van der Waals surface area contributed by atoms with Gasteiger partial charge in [0.1, 0.15) is 17.4 Å². The Balaban J connectivity index is 3.09. The van der Waals surface area contributed by atoms with E-state index in [-0.39, 0.29) is 5.60 Å². The molecule has 0 saturated heterocycles. The Bertz CT molecular complexity index is 388. The zero-order valence-corrected chi connectivity index (χ0v) is 9.79. The van der Waals surface area contributed by atoms with Crippen molar-refractivity contribution in [2.45, 2.75) is 39.7 Å². The van der Waals surface area contributed by atoms with Crippen molar-refractivity contribution in [3.8, 4) is 11.8 Å². The van der Waals surface area contributed by atoms with Crippen molar-refractivity contribution < 1.29 is 4.74 Å². The molecule has 0 bridgehead atoms. The monoisotopic (exact) mass is 203 g/mol. The van der Waals surface area contributed by atoms with E-state index in [1.807, 2.05) is 32.9 Å². The van der Waals surface area contributed by atoms with Crippen molar-refractivity contribution >= 4 is 0 Å². The van der Waals surface area contributed by atoms with Gasteiger partial charge < -0.3 is 4.74 Å². The van der Waals surface area contributed by atoms with E-state index >= 15 is 0 Å². The van der Waals surface area contributed by atoms with E-state index < -0.39 is 0 Å². The Hall–Kier alpha value is -1.49. The smallest absolute Gasteiger partial charge is 0.140 e. The fourth-order valence-electron chi connectivity index (χ4n) is 1.22. The lowest BCUT2D eigenvalue weighted by Crippen LogP contribution is -2.27. The number of hydrogen-bond donors (Lipinski definition) is 0. The zero-order valence-electron chi connectivity index (χ0n) is 9.79. The summed E-state index contributed by atoms with van der Waals surface area (Å²) in [7, 11) is 0. The van der Waals surface area contributed by atoms with E-state index in [0.29, 0.717) is 11.3 Å². The van der Waals surface area contributed by atoms with Gasteiger partial charge in [-0.3, -0.25) is 0 Å². The number of rotatable bonds is 3. The van der Waals surface area contributed by atoms with Crippen LogP contribution in [0.3, 0.4) is 0 Å². The van der Waals surface area contributed by atoms with Gasteiger partial charge in [-0.15, -0.1) is 0 Å². The van der Waals surface area contributed by atoms with Gasteiger partial charge in [-0.1, -0.05) is 19.1 Å². The molecule has 0 saturated carbocycles. The van der Waals surface area contributed by atoms with Crippen molar-refractivity contribution in [2.24, 2.45) is 0 Å². The lowest BCUT2D eigenvalue weighted by molar-refractivity contribution is 0.104. The molecule has 0 spiro atoms. The second-order valence-electron chi connectivity index (χ2n) is 4.28. The highest BCUT2D eigenvalue weighted by molar-refractivity contribution is 5.48. The van der Waals surface area contributed by atoms with Gasteiger partial charge in [-0.05, 0) is 38.8 Å². The number of aryl methyl sites for hydroxylation is 1. The van der Waals surface area contributed by atoms with Crippen LogP contribution in [0, 0.1) is 18.3 Å². The minimum Gasteiger partial charge on any atom is -0.486 e. The quantitative estimate of drug-likeness (QED) is 0.754. The molecule has 0 amide bonds. The second-order valence-corrected chi connectivity index (χ2v) is 4.28. The molecule has 1 aromatic carbocycles. The normalized spacial score (nSPS) is 10.9. The summed E-state index contributed by atoms with van der Waals surface area (Å²) in [6.45, 7) is 8.09. The third-order valence-electron chi connectivity index (χ3n) is 2.56. The summed E-state index contributed by atoms with van der Waals surface area (Å²) in [5, 5.41) is 8.98. The molecule has 0 aromatic heterocycles. The maximum atomic E-state index is 8.98. The Kier molecular flexibility index (Phi) is 3.36. The number of ether oxygens (including phenoxy) is 1. The standard InChI is InChI=1S/C13H17NO/c1-5-13(3,4)15-12-10(2)7-6-8-11(12)9-14/h6-8H,5H2,1-4H3. The first-order valence-corrected chi connectivity index (χ1v) is 5.19. The molecule has 0 heterocycles. The molecular weight excluding hydrogens is 186 g/mol. The van der Waals surface area contributed by atoms with E-state index in [2.05, 4.69) is 13.0 Å². The first-order valence-electron chi connectivity index (χ1n) is 5.19. The Morgan fingerprint density at radius 1 is 1.40 bits per heavy atom. The first kappa shape index (κ1) is 11.6. The highest BCUT2D eigenvalue weighted by Gasteiger charge is 2.19. The molecule has 0 radical (unpaired) electrons. The van der Waals surface area contributed by atoms with Gasteiger partial charge in [0.25, 0.3) is 0 Å². The minimum atomic E-state index is -0.224. The fourth-order valence-corrected chi connectivity index (χ4v) is 1.22. The van der Waals surface area contributed by atoms with Gasteiger partial charge in [-0.25, -0.2) is 0 Å². The molecule has 0 aliphatic rings. The van der Waals surface area contributed by atoms with Crippen LogP contribution in [-0.4, -0.2) is 5.60 Å². The number of nitriles is 1. The van der Waals surface area contributed by atoms with Crippen molar-refractivity contribution in [3.05, 3.63) is 29.3 Å². The SMILES string of the molecule is CCC(C)(C)Oc1c(C)cccc1C#N.